The molecule has 2 N–H and O–H groups in total. The number of rotatable bonds is 0. The lowest BCUT2D eigenvalue weighted by Crippen LogP contribution is -2.04. The average molecular weight is 154 g/mol. The first-order valence-corrected chi connectivity index (χ1v) is 4.00. The Labute approximate surface area is 63.4 Å². The number of hydrogen-bond donors (Lipinski definition) is 3. The molecule has 0 bridgehead atoms. The molecule has 0 saturated carbocycles. The fraction of sp³-hybridized carbons (Fsp3) is 0.143. The molecule has 0 saturated heterocycles. The predicted octanol–water partition coefficient (Wildman–Crippen LogP) is 1.02. The third-order valence-corrected chi connectivity index (χ3v) is 2.56. The van der Waals surface area contributed by atoms with E-state index in [1.165, 1.54) is 4.90 Å². The van der Waals surface area contributed by atoms with E-state index in [2.05, 4.69) is 4.72 Å². The van der Waals surface area contributed by atoms with Crippen molar-refractivity contribution in [2.24, 2.45) is 0 Å². The van der Waals surface area contributed by atoms with Crippen LogP contribution < -0.4 is 4.72 Å². The molecule has 2 nitrogen and oxygen atoms in total. The SMILES string of the molecule is OC1N[SH]c2ccccc21. The molecule has 1 unspecified atom stereocenters. The van der Waals surface area contributed by atoms with E-state index in [0.29, 0.717) is 0 Å². The van der Waals surface area contributed by atoms with Crippen molar-refractivity contribution in [3.8, 4) is 0 Å². The number of fused-ring (bicyclic) bond motifs is 1. The van der Waals surface area contributed by atoms with Crippen molar-refractivity contribution in [1.82, 2.24) is 4.72 Å². The van der Waals surface area contributed by atoms with Gasteiger partial charge >= 0.3 is 0 Å². The summed E-state index contributed by atoms with van der Waals surface area (Å²) in [6.07, 6.45) is -0.460. The Morgan fingerprint density at radius 2 is 2.20 bits per heavy atom. The normalized spacial score (nSPS) is 22.7. The van der Waals surface area contributed by atoms with Gasteiger partial charge in [-0.1, -0.05) is 18.2 Å². The second kappa shape index (κ2) is 2.27. The maximum atomic E-state index is 9.26. The number of thiol groups is 1. The Balaban J connectivity index is 2.51. The Hall–Kier alpha value is -0.510. The van der Waals surface area contributed by atoms with Gasteiger partial charge in [-0.05, 0) is 6.07 Å². The molecular weight excluding hydrogens is 146 g/mol. The summed E-state index contributed by atoms with van der Waals surface area (Å²) in [6.45, 7) is 0. The van der Waals surface area contributed by atoms with Gasteiger partial charge in [0, 0.05) is 10.5 Å². The van der Waals surface area contributed by atoms with E-state index in [4.69, 9.17) is 0 Å². The smallest absolute Gasteiger partial charge is 0.140 e. The zero-order valence-corrected chi connectivity index (χ0v) is 6.18. The molecule has 3 heteroatoms. The first-order valence-electron chi connectivity index (χ1n) is 3.11. The highest BCUT2D eigenvalue weighted by molar-refractivity contribution is 7.97. The molecule has 0 amide bonds. The molecule has 1 atom stereocenters. The van der Waals surface area contributed by atoms with Crippen LogP contribution in [0.1, 0.15) is 11.8 Å². The van der Waals surface area contributed by atoms with Crippen LogP contribution in [0.5, 0.6) is 0 Å². The van der Waals surface area contributed by atoms with Crippen LogP contribution >= 0.6 is 11.9 Å². The zero-order chi connectivity index (χ0) is 6.97. The summed E-state index contributed by atoms with van der Waals surface area (Å²) in [7, 11) is 0. The molecule has 0 aromatic heterocycles. The van der Waals surface area contributed by atoms with Crippen LogP contribution in [0.2, 0.25) is 0 Å². The average Bonchev–Trinajstić information content (AvgIpc) is 2.34. The van der Waals surface area contributed by atoms with Gasteiger partial charge in [0.1, 0.15) is 6.23 Å². The maximum Gasteiger partial charge on any atom is 0.140 e. The van der Waals surface area contributed by atoms with Crippen LogP contribution in [-0.2, 0) is 0 Å². The van der Waals surface area contributed by atoms with Gasteiger partial charge in [-0.2, -0.15) is 0 Å². The van der Waals surface area contributed by atoms with Crippen LogP contribution in [-0.4, -0.2) is 5.11 Å². The monoisotopic (exact) mass is 154 g/mol. The maximum absolute atomic E-state index is 9.26. The standard InChI is InChI=1S/C7H8NOS/c9-7-5-3-1-2-4-6(5)10-8-7/h1-4,7-10H. The highest BCUT2D eigenvalue weighted by Crippen LogP contribution is 2.32. The minimum absolute atomic E-state index is 0.460. The molecule has 53 valence electrons. The molecule has 1 aliphatic rings. The number of hydrogen-bond acceptors (Lipinski definition) is 2. The van der Waals surface area contributed by atoms with Crippen molar-refractivity contribution >= 4 is 11.9 Å². The highest BCUT2D eigenvalue weighted by atomic mass is 32.2. The summed E-state index contributed by atoms with van der Waals surface area (Å²) in [5, 5.41) is 9.26. The Morgan fingerprint density at radius 3 is 3.00 bits per heavy atom. The van der Waals surface area contributed by atoms with Gasteiger partial charge < -0.3 is 5.11 Å². The van der Waals surface area contributed by atoms with Crippen LogP contribution in [0.25, 0.3) is 0 Å². The van der Waals surface area contributed by atoms with Gasteiger partial charge in [0.15, 0.2) is 0 Å². The van der Waals surface area contributed by atoms with Crippen LogP contribution in [0.15, 0.2) is 29.2 Å². The molecule has 1 aromatic rings. The van der Waals surface area contributed by atoms with Crippen molar-refractivity contribution in [2.75, 3.05) is 0 Å². The molecular formula is C7H8NOS. The summed E-state index contributed by atoms with van der Waals surface area (Å²) >= 11 is 1.02. The van der Waals surface area contributed by atoms with Crippen LogP contribution in [0.3, 0.4) is 0 Å². The molecule has 1 heterocycles. The quantitative estimate of drug-likeness (QED) is 0.487. The van der Waals surface area contributed by atoms with Crippen molar-refractivity contribution in [3.05, 3.63) is 29.8 Å². The van der Waals surface area contributed by atoms with Crippen LogP contribution in [0, 0.1) is 0 Å². The third-order valence-electron chi connectivity index (χ3n) is 1.54. The lowest BCUT2D eigenvalue weighted by molar-refractivity contribution is 0.173. The van der Waals surface area contributed by atoms with Gasteiger partial charge in [-0.3, -0.25) is 0 Å². The first kappa shape index (κ1) is 6.22. The lowest BCUT2D eigenvalue weighted by Gasteiger charge is -1.99. The van der Waals surface area contributed by atoms with E-state index >= 15 is 0 Å². The van der Waals surface area contributed by atoms with Crippen molar-refractivity contribution < 1.29 is 5.11 Å². The van der Waals surface area contributed by atoms with Gasteiger partial charge in [0.2, 0.25) is 0 Å². The number of aliphatic hydroxyl groups excluding tert-OH is 1. The second-order valence-electron chi connectivity index (χ2n) is 2.20. The number of nitrogens with one attached hydrogen (secondary N) is 1. The lowest BCUT2D eigenvalue weighted by atomic mass is 10.2. The first-order chi connectivity index (χ1) is 4.88. The van der Waals surface area contributed by atoms with E-state index < -0.39 is 6.23 Å². The summed E-state index contributed by atoms with van der Waals surface area (Å²) in [5.74, 6) is 0. The van der Waals surface area contributed by atoms with Gasteiger partial charge in [-0.15, -0.1) is 11.9 Å². The highest BCUT2D eigenvalue weighted by Gasteiger charge is 2.17. The minimum Gasteiger partial charge on any atom is -0.373 e. The van der Waals surface area contributed by atoms with Crippen LogP contribution in [0.4, 0.5) is 0 Å². The second-order valence-corrected chi connectivity index (χ2v) is 3.17. The summed E-state index contributed by atoms with van der Waals surface area (Å²) in [5.41, 5.74) is 1.00. The largest absolute Gasteiger partial charge is 0.373 e. The number of aliphatic hydroxyl groups is 1. The molecule has 0 fully saturated rings. The Bertz CT molecular complexity index is 251. The minimum atomic E-state index is -0.460. The van der Waals surface area contributed by atoms with E-state index in [1.54, 1.807) is 0 Å². The number of benzene rings is 1. The van der Waals surface area contributed by atoms with Gasteiger partial charge in [0.25, 0.3) is 0 Å². The van der Waals surface area contributed by atoms with Crippen molar-refractivity contribution in [1.29, 1.82) is 0 Å². The molecule has 1 radical (unpaired) electrons. The van der Waals surface area contributed by atoms with E-state index in [-0.39, 0.29) is 0 Å². The van der Waals surface area contributed by atoms with E-state index in [0.717, 1.165) is 17.5 Å². The Kier molecular flexibility index (Phi) is 1.41. The van der Waals surface area contributed by atoms with E-state index in [1.807, 2.05) is 24.3 Å². The molecule has 10 heavy (non-hydrogen) atoms. The third kappa shape index (κ3) is 0.831. The summed E-state index contributed by atoms with van der Waals surface area (Å²) in [6, 6.07) is 7.86. The molecule has 1 aliphatic heterocycles. The topological polar surface area (TPSA) is 32.3 Å². The van der Waals surface area contributed by atoms with Gasteiger partial charge in [-0.25, -0.2) is 4.72 Å². The molecule has 1 aromatic carbocycles. The summed E-state index contributed by atoms with van der Waals surface area (Å²) < 4.78 is 2.91. The zero-order valence-electron chi connectivity index (χ0n) is 5.28. The Morgan fingerprint density at radius 1 is 1.40 bits per heavy atom. The van der Waals surface area contributed by atoms with Crippen molar-refractivity contribution in [2.45, 2.75) is 11.1 Å². The molecule has 2 rings (SSSR count). The van der Waals surface area contributed by atoms with Crippen molar-refractivity contribution in [3.63, 3.8) is 0 Å². The summed E-state index contributed by atoms with van der Waals surface area (Å²) in [4.78, 5) is 1.18. The predicted molar refractivity (Wildman–Crippen MR) is 41.8 cm³/mol. The van der Waals surface area contributed by atoms with E-state index in [9.17, 15) is 5.11 Å². The molecule has 0 aliphatic carbocycles. The van der Waals surface area contributed by atoms with Gasteiger partial charge in [0.05, 0.1) is 0 Å². The molecule has 0 spiro atoms. The fourth-order valence-electron chi connectivity index (χ4n) is 1.02. The fourth-order valence-corrected chi connectivity index (χ4v) is 1.91.